The molecule has 2 rings (SSSR count). The first-order valence-electron chi connectivity index (χ1n) is 5.62. The van der Waals surface area contributed by atoms with Crippen molar-refractivity contribution in [1.29, 1.82) is 0 Å². The standard InChI is InChI=1S/C11H16BrClN2S2/c1-7-6-15(2-3-16-7)9(5-14)10-4-8(12)11(13)17-10/h4,7,9H,2-3,5-6,14H2,1H3. The molecule has 1 aromatic heterocycles. The van der Waals surface area contributed by atoms with Crippen molar-refractivity contribution in [1.82, 2.24) is 4.90 Å². The maximum Gasteiger partial charge on any atom is 0.107 e. The molecule has 1 aliphatic rings. The molecule has 2 atom stereocenters. The van der Waals surface area contributed by atoms with E-state index in [1.54, 1.807) is 11.3 Å². The molecular weight excluding hydrogens is 340 g/mol. The minimum Gasteiger partial charge on any atom is -0.329 e. The van der Waals surface area contributed by atoms with Crippen LogP contribution >= 0.6 is 50.6 Å². The van der Waals surface area contributed by atoms with Crippen LogP contribution in [0.15, 0.2) is 10.5 Å². The molecule has 0 aromatic carbocycles. The van der Waals surface area contributed by atoms with Crippen molar-refractivity contribution in [3.05, 3.63) is 19.8 Å². The predicted molar refractivity (Wildman–Crippen MR) is 82.3 cm³/mol. The van der Waals surface area contributed by atoms with Gasteiger partial charge in [0.2, 0.25) is 0 Å². The van der Waals surface area contributed by atoms with Gasteiger partial charge in [-0.1, -0.05) is 18.5 Å². The molecule has 2 heterocycles. The quantitative estimate of drug-likeness (QED) is 0.898. The van der Waals surface area contributed by atoms with Crippen molar-refractivity contribution in [2.24, 2.45) is 5.73 Å². The van der Waals surface area contributed by atoms with E-state index in [0.717, 1.165) is 21.9 Å². The highest BCUT2D eigenvalue weighted by Gasteiger charge is 2.26. The van der Waals surface area contributed by atoms with Crippen LogP contribution in [0.2, 0.25) is 4.34 Å². The monoisotopic (exact) mass is 354 g/mol. The number of thioether (sulfide) groups is 1. The average molecular weight is 356 g/mol. The van der Waals surface area contributed by atoms with Gasteiger partial charge in [-0.2, -0.15) is 11.8 Å². The molecule has 1 fully saturated rings. The van der Waals surface area contributed by atoms with Crippen molar-refractivity contribution in [3.8, 4) is 0 Å². The zero-order valence-electron chi connectivity index (χ0n) is 9.66. The summed E-state index contributed by atoms with van der Waals surface area (Å²) in [6, 6.07) is 2.42. The van der Waals surface area contributed by atoms with E-state index in [1.807, 2.05) is 11.8 Å². The number of halogens is 2. The van der Waals surface area contributed by atoms with Gasteiger partial charge in [0, 0.05) is 40.0 Å². The molecule has 2 unspecified atom stereocenters. The first kappa shape index (κ1) is 14.2. The summed E-state index contributed by atoms with van der Waals surface area (Å²) in [5.74, 6) is 1.19. The lowest BCUT2D eigenvalue weighted by Crippen LogP contribution is -2.41. The summed E-state index contributed by atoms with van der Waals surface area (Å²) in [5, 5.41) is 0.691. The van der Waals surface area contributed by atoms with Gasteiger partial charge in [0.25, 0.3) is 0 Å². The van der Waals surface area contributed by atoms with E-state index < -0.39 is 0 Å². The van der Waals surface area contributed by atoms with E-state index in [2.05, 4.69) is 33.8 Å². The Bertz CT molecular complexity index is 366. The summed E-state index contributed by atoms with van der Waals surface area (Å²) in [6.45, 7) is 5.16. The molecule has 2 N–H and O–H groups in total. The number of nitrogens with two attached hydrogens (primary N) is 1. The molecule has 6 heteroatoms. The van der Waals surface area contributed by atoms with Crippen molar-refractivity contribution >= 4 is 50.6 Å². The van der Waals surface area contributed by atoms with Crippen LogP contribution in [-0.4, -0.2) is 35.5 Å². The molecule has 2 nitrogen and oxygen atoms in total. The smallest absolute Gasteiger partial charge is 0.107 e. The Morgan fingerprint density at radius 3 is 3.00 bits per heavy atom. The van der Waals surface area contributed by atoms with Crippen LogP contribution in [0.25, 0.3) is 0 Å². The molecule has 0 bridgehead atoms. The summed E-state index contributed by atoms with van der Waals surface area (Å²) in [7, 11) is 0. The lowest BCUT2D eigenvalue weighted by atomic mass is 10.2. The van der Waals surface area contributed by atoms with Crippen LogP contribution in [-0.2, 0) is 0 Å². The molecule has 0 spiro atoms. The molecule has 0 aliphatic carbocycles. The van der Waals surface area contributed by atoms with Crippen molar-refractivity contribution in [3.63, 3.8) is 0 Å². The molecule has 17 heavy (non-hydrogen) atoms. The third kappa shape index (κ3) is 3.39. The molecular formula is C11H16BrClN2S2. The number of hydrogen-bond donors (Lipinski definition) is 1. The summed E-state index contributed by atoms with van der Waals surface area (Å²) in [5.41, 5.74) is 5.94. The van der Waals surface area contributed by atoms with Gasteiger partial charge in [0.1, 0.15) is 4.34 Å². The average Bonchev–Trinajstić information content (AvgIpc) is 2.60. The fourth-order valence-electron chi connectivity index (χ4n) is 2.10. The topological polar surface area (TPSA) is 29.3 Å². The fourth-order valence-corrected chi connectivity index (χ4v) is 5.02. The zero-order chi connectivity index (χ0) is 12.4. The highest BCUT2D eigenvalue weighted by Crippen LogP contribution is 2.37. The summed E-state index contributed by atoms with van der Waals surface area (Å²) < 4.78 is 1.80. The van der Waals surface area contributed by atoms with Crippen molar-refractivity contribution < 1.29 is 0 Å². The SMILES string of the molecule is CC1CN(C(CN)c2cc(Br)c(Cl)s2)CCS1. The number of nitrogens with zero attached hydrogens (tertiary/aromatic N) is 1. The van der Waals surface area contributed by atoms with E-state index in [1.165, 1.54) is 10.6 Å². The Hall–Kier alpha value is 0.740. The molecule has 96 valence electrons. The second-order valence-electron chi connectivity index (χ2n) is 4.20. The van der Waals surface area contributed by atoms with E-state index in [9.17, 15) is 0 Å². The largest absolute Gasteiger partial charge is 0.329 e. The minimum atomic E-state index is 0.312. The highest BCUT2D eigenvalue weighted by atomic mass is 79.9. The fraction of sp³-hybridized carbons (Fsp3) is 0.636. The minimum absolute atomic E-state index is 0.312. The van der Waals surface area contributed by atoms with Crippen LogP contribution in [0.4, 0.5) is 0 Å². The maximum atomic E-state index is 6.11. The second-order valence-corrected chi connectivity index (χ2v) is 8.28. The number of rotatable bonds is 3. The van der Waals surface area contributed by atoms with Crippen LogP contribution < -0.4 is 5.73 Å². The van der Waals surface area contributed by atoms with Crippen LogP contribution in [0.1, 0.15) is 17.8 Å². The molecule has 0 amide bonds. The van der Waals surface area contributed by atoms with Crippen molar-refractivity contribution in [2.45, 2.75) is 18.2 Å². The van der Waals surface area contributed by atoms with E-state index >= 15 is 0 Å². The first-order valence-corrected chi connectivity index (χ1v) is 8.66. The second kappa shape index (κ2) is 6.26. The Morgan fingerprint density at radius 2 is 2.47 bits per heavy atom. The van der Waals surface area contributed by atoms with Gasteiger partial charge < -0.3 is 5.73 Å². The van der Waals surface area contributed by atoms with Gasteiger partial charge in [-0.3, -0.25) is 4.90 Å². The molecule has 1 aromatic rings. The maximum absolute atomic E-state index is 6.11. The highest BCUT2D eigenvalue weighted by molar-refractivity contribution is 9.10. The van der Waals surface area contributed by atoms with Crippen LogP contribution in [0.3, 0.4) is 0 Å². The van der Waals surface area contributed by atoms with Gasteiger partial charge in [0.15, 0.2) is 0 Å². The first-order chi connectivity index (χ1) is 8.11. The van der Waals surface area contributed by atoms with Gasteiger partial charge in [0.05, 0.1) is 6.04 Å². The third-order valence-corrected chi connectivity index (χ3v) is 6.64. The number of hydrogen-bond acceptors (Lipinski definition) is 4. The van der Waals surface area contributed by atoms with Gasteiger partial charge in [-0.25, -0.2) is 0 Å². The molecule has 0 radical (unpaired) electrons. The lowest BCUT2D eigenvalue weighted by Gasteiger charge is -2.36. The van der Waals surface area contributed by atoms with Crippen molar-refractivity contribution in [2.75, 3.05) is 25.4 Å². The van der Waals surface area contributed by atoms with Crippen LogP contribution in [0, 0.1) is 0 Å². The Balaban J connectivity index is 2.15. The predicted octanol–water partition coefficient (Wildman–Crippen LogP) is 3.60. The van der Waals surface area contributed by atoms with Crippen LogP contribution in [0.5, 0.6) is 0 Å². The van der Waals surface area contributed by atoms with E-state index in [0.29, 0.717) is 17.8 Å². The third-order valence-electron chi connectivity index (χ3n) is 2.93. The van der Waals surface area contributed by atoms with Gasteiger partial charge in [-0.05, 0) is 22.0 Å². The molecule has 0 saturated carbocycles. The number of thiophene rings is 1. The Labute approximate surface area is 124 Å². The van der Waals surface area contributed by atoms with E-state index in [-0.39, 0.29) is 0 Å². The Kier molecular flexibility index (Phi) is 5.21. The van der Waals surface area contributed by atoms with E-state index in [4.69, 9.17) is 17.3 Å². The summed E-state index contributed by atoms with van der Waals surface area (Å²) in [6.07, 6.45) is 0. The van der Waals surface area contributed by atoms with Gasteiger partial charge >= 0.3 is 0 Å². The normalized spacial score (nSPS) is 23.9. The molecule has 1 saturated heterocycles. The lowest BCUT2D eigenvalue weighted by molar-refractivity contribution is 0.214. The zero-order valence-corrected chi connectivity index (χ0v) is 13.6. The van der Waals surface area contributed by atoms with Gasteiger partial charge in [-0.15, -0.1) is 11.3 Å². The Morgan fingerprint density at radius 1 is 1.71 bits per heavy atom. The summed E-state index contributed by atoms with van der Waals surface area (Å²) in [4.78, 5) is 3.75. The molecule has 1 aliphatic heterocycles. The summed E-state index contributed by atoms with van der Waals surface area (Å²) >= 11 is 13.2.